The van der Waals surface area contributed by atoms with Crippen molar-refractivity contribution in [1.82, 2.24) is 20.8 Å². The fraction of sp³-hybridized carbons (Fsp3) is 0.438. The fourth-order valence-electron chi connectivity index (χ4n) is 2.21. The van der Waals surface area contributed by atoms with E-state index in [1.165, 1.54) is 0 Å². The number of rotatable bonds is 6. The molecule has 0 saturated heterocycles. The summed E-state index contributed by atoms with van der Waals surface area (Å²) < 4.78 is 5.15. The van der Waals surface area contributed by atoms with E-state index < -0.39 is 18.1 Å². The summed E-state index contributed by atoms with van der Waals surface area (Å²) >= 11 is 0. The molecule has 0 bridgehead atoms. The molecule has 124 valence electrons. The van der Waals surface area contributed by atoms with Crippen molar-refractivity contribution in [3.63, 3.8) is 0 Å². The lowest BCUT2D eigenvalue weighted by Gasteiger charge is -2.22. The van der Waals surface area contributed by atoms with Crippen molar-refractivity contribution in [2.24, 2.45) is 5.92 Å². The van der Waals surface area contributed by atoms with Gasteiger partial charge in [-0.2, -0.15) is 4.98 Å². The van der Waals surface area contributed by atoms with E-state index >= 15 is 0 Å². The van der Waals surface area contributed by atoms with Crippen molar-refractivity contribution >= 4 is 6.03 Å². The summed E-state index contributed by atoms with van der Waals surface area (Å²) in [5, 5.41) is 18.8. The van der Waals surface area contributed by atoms with Crippen molar-refractivity contribution in [1.29, 1.82) is 0 Å². The van der Waals surface area contributed by atoms with Crippen molar-refractivity contribution < 1.29 is 14.4 Å². The van der Waals surface area contributed by atoms with Gasteiger partial charge in [-0.1, -0.05) is 49.3 Å². The molecule has 1 aromatic carbocycles. The maximum Gasteiger partial charge on any atom is 0.316 e. The van der Waals surface area contributed by atoms with Crippen LogP contribution in [0, 0.1) is 12.8 Å². The molecule has 7 heteroatoms. The molecule has 0 fully saturated rings. The lowest BCUT2D eigenvalue weighted by molar-refractivity contribution is 0.206. The van der Waals surface area contributed by atoms with Crippen LogP contribution in [-0.2, 0) is 0 Å². The molecular formula is C16H22N4O3. The van der Waals surface area contributed by atoms with E-state index in [9.17, 15) is 9.90 Å². The Hall–Kier alpha value is -2.41. The monoisotopic (exact) mass is 318 g/mol. The number of aliphatic hydroxyl groups is 1. The maximum atomic E-state index is 12.3. The van der Waals surface area contributed by atoms with Gasteiger partial charge in [0.1, 0.15) is 6.04 Å². The first-order valence-corrected chi connectivity index (χ1v) is 7.54. The number of amides is 2. The van der Waals surface area contributed by atoms with Crippen molar-refractivity contribution in [3.8, 4) is 0 Å². The SMILES string of the molecule is Cc1noc(C(NC(=O)NC(CO)c2ccccc2)C(C)C)n1. The van der Waals surface area contributed by atoms with Crippen LogP contribution in [0.5, 0.6) is 0 Å². The second-order valence-corrected chi connectivity index (χ2v) is 5.67. The quantitative estimate of drug-likeness (QED) is 0.757. The Morgan fingerprint density at radius 2 is 1.96 bits per heavy atom. The minimum Gasteiger partial charge on any atom is -0.394 e. The molecule has 0 aliphatic heterocycles. The van der Waals surface area contributed by atoms with Crippen LogP contribution in [0.25, 0.3) is 0 Å². The molecule has 0 aliphatic carbocycles. The van der Waals surface area contributed by atoms with Crippen LogP contribution in [0.3, 0.4) is 0 Å². The van der Waals surface area contributed by atoms with Gasteiger partial charge in [0.15, 0.2) is 5.82 Å². The predicted molar refractivity (Wildman–Crippen MR) is 84.6 cm³/mol. The van der Waals surface area contributed by atoms with E-state index in [4.69, 9.17) is 4.52 Å². The third kappa shape index (κ3) is 4.53. The zero-order chi connectivity index (χ0) is 16.8. The first-order valence-electron chi connectivity index (χ1n) is 7.54. The smallest absolute Gasteiger partial charge is 0.316 e. The summed E-state index contributed by atoms with van der Waals surface area (Å²) in [5.41, 5.74) is 0.833. The summed E-state index contributed by atoms with van der Waals surface area (Å²) in [4.78, 5) is 16.4. The number of nitrogens with zero attached hydrogens (tertiary/aromatic N) is 2. The fourth-order valence-corrected chi connectivity index (χ4v) is 2.21. The largest absolute Gasteiger partial charge is 0.394 e. The number of benzene rings is 1. The highest BCUT2D eigenvalue weighted by atomic mass is 16.5. The summed E-state index contributed by atoms with van der Waals surface area (Å²) in [6, 6.07) is 8.02. The highest BCUT2D eigenvalue weighted by Crippen LogP contribution is 2.20. The number of urea groups is 1. The summed E-state index contributed by atoms with van der Waals surface area (Å²) in [5.74, 6) is 0.961. The van der Waals surface area contributed by atoms with E-state index in [-0.39, 0.29) is 12.5 Å². The topological polar surface area (TPSA) is 100 Å². The van der Waals surface area contributed by atoms with Gasteiger partial charge in [0.2, 0.25) is 5.89 Å². The van der Waals surface area contributed by atoms with Gasteiger partial charge >= 0.3 is 6.03 Å². The molecule has 2 amide bonds. The van der Waals surface area contributed by atoms with Crippen LogP contribution in [0.4, 0.5) is 4.79 Å². The number of nitrogens with one attached hydrogen (secondary N) is 2. The number of hydrogen-bond donors (Lipinski definition) is 3. The minimum atomic E-state index is -0.478. The van der Waals surface area contributed by atoms with Crippen molar-refractivity contribution in [2.45, 2.75) is 32.9 Å². The average Bonchev–Trinajstić information content (AvgIpc) is 2.97. The highest BCUT2D eigenvalue weighted by Gasteiger charge is 2.25. The van der Waals surface area contributed by atoms with Gasteiger partial charge in [0.25, 0.3) is 0 Å². The lowest BCUT2D eigenvalue weighted by Crippen LogP contribution is -2.42. The van der Waals surface area contributed by atoms with E-state index in [0.717, 1.165) is 5.56 Å². The third-order valence-electron chi connectivity index (χ3n) is 3.45. The Kier molecular flexibility index (Phi) is 5.70. The number of aromatic nitrogens is 2. The summed E-state index contributed by atoms with van der Waals surface area (Å²) in [6.07, 6.45) is 0. The van der Waals surface area contributed by atoms with Gasteiger partial charge < -0.3 is 20.3 Å². The van der Waals surface area contributed by atoms with E-state index in [2.05, 4.69) is 20.8 Å². The molecule has 2 atom stereocenters. The molecule has 2 unspecified atom stereocenters. The van der Waals surface area contributed by atoms with Crippen LogP contribution in [0.1, 0.15) is 43.2 Å². The first kappa shape index (κ1) is 17.0. The molecule has 1 aromatic heterocycles. The molecular weight excluding hydrogens is 296 g/mol. The van der Waals surface area contributed by atoms with Crippen LogP contribution in [0.15, 0.2) is 34.9 Å². The number of hydrogen-bond acceptors (Lipinski definition) is 5. The van der Waals surface area contributed by atoms with Crippen LogP contribution in [-0.4, -0.2) is 27.9 Å². The van der Waals surface area contributed by atoms with E-state index in [1.807, 2.05) is 44.2 Å². The molecule has 1 heterocycles. The molecule has 3 N–H and O–H groups in total. The van der Waals surface area contributed by atoms with Crippen molar-refractivity contribution in [2.75, 3.05) is 6.61 Å². The Morgan fingerprint density at radius 1 is 1.26 bits per heavy atom. The lowest BCUT2D eigenvalue weighted by atomic mass is 10.0. The Labute approximate surface area is 135 Å². The van der Waals surface area contributed by atoms with Gasteiger partial charge in [-0.25, -0.2) is 4.79 Å². The van der Waals surface area contributed by atoms with Gasteiger partial charge in [-0.05, 0) is 18.4 Å². The number of aliphatic hydroxyl groups excluding tert-OH is 1. The maximum absolute atomic E-state index is 12.3. The predicted octanol–water partition coefficient (Wildman–Crippen LogP) is 2.11. The van der Waals surface area contributed by atoms with Crippen LogP contribution in [0.2, 0.25) is 0 Å². The highest BCUT2D eigenvalue weighted by molar-refractivity contribution is 5.74. The molecule has 23 heavy (non-hydrogen) atoms. The van der Waals surface area contributed by atoms with E-state index in [1.54, 1.807) is 6.92 Å². The van der Waals surface area contributed by atoms with Gasteiger partial charge in [0, 0.05) is 0 Å². The van der Waals surface area contributed by atoms with Gasteiger partial charge in [0.05, 0.1) is 12.6 Å². The van der Waals surface area contributed by atoms with Crippen molar-refractivity contribution in [3.05, 3.63) is 47.6 Å². The molecule has 2 rings (SSSR count). The molecule has 7 nitrogen and oxygen atoms in total. The number of carbonyl (C=O) groups excluding carboxylic acids is 1. The van der Waals surface area contributed by atoms with Crippen LogP contribution < -0.4 is 10.6 Å². The minimum absolute atomic E-state index is 0.0740. The number of carbonyl (C=O) groups is 1. The Morgan fingerprint density at radius 3 is 2.48 bits per heavy atom. The molecule has 0 aliphatic rings. The molecule has 0 spiro atoms. The Bertz CT molecular complexity index is 627. The molecule has 2 aromatic rings. The zero-order valence-electron chi connectivity index (χ0n) is 13.5. The normalized spacial score (nSPS) is 13.6. The molecule has 0 radical (unpaired) electrons. The zero-order valence-corrected chi connectivity index (χ0v) is 13.5. The third-order valence-corrected chi connectivity index (χ3v) is 3.45. The second kappa shape index (κ2) is 7.73. The summed E-state index contributed by atoms with van der Waals surface area (Å²) in [7, 11) is 0. The van der Waals surface area contributed by atoms with Crippen LogP contribution >= 0.6 is 0 Å². The average molecular weight is 318 g/mol. The van der Waals surface area contributed by atoms with E-state index in [0.29, 0.717) is 11.7 Å². The van der Waals surface area contributed by atoms with Gasteiger partial charge in [-0.15, -0.1) is 0 Å². The second-order valence-electron chi connectivity index (χ2n) is 5.67. The molecule has 0 saturated carbocycles. The Balaban J connectivity index is 2.04. The summed E-state index contributed by atoms with van der Waals surface area (Å²) in [6.45, 7) is 5.43. The number of aryl methyl sites for hydroxylation is 1. The first-order chi connectivity index (χ1) is 11.0. The van der Waals surface area contributed by atoms with Gasteiger partial charge in [-0.3, -0.25) is 0 Å². The standard InChI is InChI=1S/C16H22N4O3/c1-10(2)14(15-17-11(3)20-23-15)19-16(22)18-13(9-21)12-7-5-4-6-8-12/h4-8,10,13-14,21H,9H2,1-3H3,(H2,18,19,22).